The van der Waals surface area contributed by atoms with Gasteiger partial charge in [-0.1, -0.05) is 36.9 Å². The van der Waals surface area contributed by atoms with Crippen molar-refractivity contribution in [1.82, 2.24) is 9.55 Å². The second kappa shape index (κ2) is 7.00. The average molecular weight is 385 g/mol. The van der Waals surface area contributed by atoms with E-state index >= 15 is 0 Å². The average Bonchev–Trinajstić information content (AvgIpc) is 2.98. The largest absolute Gasteiger partial charge is 0.299 e. The van der Waals surface area contributed by atoms with E-state index in [-0.39, 0.29) is 11.3 Å². The van der Waals surface area contributed by atoms with Crippen LogP contribution >= 0.6 is 23.1 Å². The van der Waals surface area contributed by atoms with Crippen molar-refractivity contribution in [2.75, 3.05) is 5.75 Å². The monoisotopic (exact) mass is 384 g/mol. The van der Waals surface area contributed by atoms with E-state index in [4.69, 9.17) is 4.98 Å². The number of hydrogen-bond donors (Lipinski definition) is 0. The normalized spacial score (nSPS) is 16.6. The van der Waals surface area contributed by atoms with Gasteiger partial charge in [0.15, 0.2) is 5.16 Å². The van der Waals surface area contributed by atoms with Gasteiger partial charge < -0.3 is 0 Å². The van der Waals surface area contributed by atoms with Crippen LogP contribution in [0.4, 0.5) is 0 Å². The van der Waals surface area contributed by atoms with Crippen molar-refractivity contribution in [2.45, 2.75) is 38.3 Å². The third-order valence-corrected chi connectivity index (χ3v) is 6.95. The lowest BCUT2D eigenvalue weighted by Crippen LogP contribution is -2.22. The van der Waals surface area contributed by atoms with Gasteiger partial charge in [0.25, 0.3) is 5.56 Å². The molecular formula is C20H20N2O2S2. The number of carbonyl (C=O) groups excluding carboxylic acids is 1. The summed E-state index contributed by atoms with van der Waals surface area (Å²) in [6, 6.07) is 9.57. The fourth-order valence-electron chi connectivity index (χ4n) is 3.44. The third kappa shape index (κ3) is 3.12. The number of Topliss-reactive ketones (excluding diaryl/α,β-unsaturated/α-hetero) is 1. The van der Waals surface area contributed by atoms with Gasteiger partial charge in [-0.2, -0.15) is 0 Å². The summed E-state index contributed by atoms with van der Waals surface area (Å²) < 4.78 is 1.67. The molecule has 0 N–H and O–H groups in total. The second-order valence-corrected chi connectivity index (χ2v) is 8.92. The van der Waals surface area contributed by atoms with Crippen LogP contribution in [-0.4, -0.2) is 21.1 Å². The van der Waals surface area contributed by atoms with Crippen LogP contribution in [0.2, 0.25) is 0 Å². The zero-order valence-electron chi connectivity index (χ0n) is 14.8. The van der Waals surface area contributed by atoms with Crippen molar-refractivity contribution in [1.29, 1.82) is 0 Å². The van der Waals surface area contributed by atoms with Crippen LogP contribution in [0.5, 0.6) is 0 Å². The topological polar surface area (TPSA) is 52.0 Å². The van der Waals surface area contributed by atoms with Crippen LogP contribution < -0.4 is 5.56 Å². The Balaban J connectivity index is 1.96. The molecule has 3 aromatic rings. The highest BCUT2D eigenvalue weighted by atomic mass is 32.2. The molecule has 6 heteroatoms. The van der Waals surface area contributed by atoms with E-state index in [9.17, 15) is 9.59 Å². The Bertz CT molecular complexity index is 1040. The SMILES string of the molecule is CC(=O)CSc1nc2sc3c(c2c(=O)n1-c1ccccc1)CCC(C)C3. The highest BCUT2D eigenvalue weighted by Crippen LogP contribution is 2.36. The zero-order chi connectivity index (χ0) is 18.3. The van der Waals surface area contributed by atoms with E-state index < -0.39 is 0 Å². The van der Waals surface area contributed by atoms with Crippen LogP contribution in [0.25, 0.3) is 15.9 Å². The number of carbonyl (C=O) groups is 1. The number of hydrogen-bond acceptors (Lipinski definition) is 5. The number of thioether (sulfide) groups is 1. The lowest BCUT2D eigenvalue weighted by atomic mass is 9.89. The maximum atomic E-state index is 13.4. The summed E-state index contributed by atoms with van der Waals surface area (Å²) in [7, 11) is 0. The van der Waals surface area contributed by atoms with Crippen molar-refractivity contribution in [3.63, 3.8) is 0 Å². The van der Waals surface area contributed by atoms with Gasteiger partial charge in [0.1, 0.15) is 10.6 Å². The fraction of sp³-hybridized carbons (Fsp3) is 0.350. The minimum absolute atomic E-state index is 0.0145. The molecule has 2 aromatic heterocycles. The quantitative estimate of drug-likeness (QED) is 0.498. The molecule has 4 rings (SSSR count). The summed E-state index contributed by atoms with van der Waals surface area (Å²) >= 11 is 2.98. The van der Waals surface area contributed by atoms with Crippen molar-refractivity contribution >= 4 is 39.1 Å². The second-order valence-electron chi connectivity index (χ2n) is 6.89. The molecule has 0 radical (unpaired) electrons. The Morgan fingerprint density at radius 2 is 2.12 bits per heavy atom. The maximum absolute atomic E-state index is 13.4. The number of ketones is 1. The molecule has 0 spiro atoms. The lowest BCUT2D eigenvalue weighted by molar-refractivity contribution is -0.114. The number of para-hydroxylation sites is 1. The van der Waals surface area contributed by atoms with Crippen molar-refractivity contribution < 1.29 is 4.79 Å². The van der Waals surface area contributed by atoms with Gasteiger partial charge in [0, 0.05) is 4.88 Å². The third-order valence-electron chi connectivity index (χ3n) is 4.72. The van der Waals surface area contributed by atoms with Gasteiger partial charge in [-0.25, -0.2) is 4.98 Å². The molecule has 4 nitrogen and oxygen atoms in total. The number of nitrogens with zero attached hydrogens (tertiary/aromatic N) is 2. The summed E-state index contributed by atoms with van der Waals surface area (Å²) in [5.41, 5.74) is 1.97. The minimum atomic E-state index is -0.0145. The summed E-state index contributed by atoms with van der Waals surface area (Å²) in [4.78, 5) is 31.8. The molecule has 0 saturated heterocycles. The number of thiophene rings is 1. The summed E-state index contributed by atoms with van der Waals surface area (Å²) in [5, 5.41) is 1.36. The number of aryl methyl sites for hydroxylation is 1. The van der Waals surface area contributed by atoms with Crippen LogP contribution in [0, 0.1) is 5.92 Å². The van der Waals surface area contributed by atoms with E-state index in [1.54, 1.807) is 22.8 Å². The number of fused-ring (bicyclic) bond motifs is 3. The number of aromatic nitrogens is 2. The van der Waals surface area contributed by atoms with E-state index in [2.05, 4.69) is 6.92 Å². The van der Waals surface area contributed by atoms with E-state index in [1.165, 1.54) is 22.2 Å². The highest BCUT2D eigenvalue weighted by molar-refractivity contribution is 7.99. The van der Waals surface area contributed by atoms with Crippen molar-refractivity contribution in [3.05, 3.63) is 51.1 Å². The minimum Gasteiger partial charge on any atom is -0.299 e. The van der Waals surface area contributed by atoms with Crippen LogP contribution in [-0.2, 0) is 17.6 Å². The molecule has 0 saturated carbocycles. The molecule has 0 bridgehead atoms. The van der Waals surface area contributed by atoms with Crippen molar-refractivity contribution in [2.24, 2.45) is 5.92 Å². The summed E-state index contributed by atoms with van der Waals surface area (Å²) in [6.45, 7) is 3.82. The lowest BCUT2D eigenvalue weighted by Gasteiger charge is -2.17. The van der Waals surface area contributed by atoms with Crippen LogP contribution in [0.3, 0.4) is 0 Å². The first-order valence-corrected chi connectivity index (χ1v) is 10.6. The van der Waals surface area contributed by atoms with Crippen LogP contribution in [0.1, 0.15) is 30.7 Å². The molecule has 1 aliphatic carbocycles. The number of benzene rings is 1. The van der Waals surface area contributed by atoms with Gasteiger partial charge in [-0.15, -0.1) is 11.3 Å². The molecule has 2 heterocycles. The predicted molar refractivity (Wildman–Crippen MR) is 108 cm³/mol. The Hall–Kier alpha value is -1.92. The van der Waals surface area contributed by atoms with Crippen molar-refractivity contribution in [3.8, 4) is 5.69 Å². The first kappa shape index (κ1) is 17.5. The van der Waals surface area contributed by atoms with Gasteiger partial charge in [0.2, 0.25) is 0 Å². The summed E-state index contributed by atoms with van der Waals surface area (Å²) in [6.07, 6.45) is 3.09. The molecule has 1 unspecified atom stereocenters. The molecule has 0 aliphatic heterocycles. The molecule has 1 aliphatic rings. The van der Waals surface area contributed by atoms with Gasteiger partial charge in [-0.05, 0) is 49.8 Å². The molecule has 1 atom stereocenters. The van der Waals surface area contributed by atoms with E-state index in [1.807, 2.05) is 30.3 Å². The smallest absolute Gasteiger partial charge is 0.267 e. The zero-order valence-corrected chi connectivity index (χ0v) is 16.5. The van der Waals surface area contributed by atoms with Crippen LogP contribution in [0.15, 0.2) is 40.3 Å². The van der Waals surface area contributed by atoms with Gasteiger partial charge >= 0.3 is 0 Å². The number of rotatable bonds is 4. The maximum Gasteiger partial charge on any atom is 0.267 e. The fourth-order valence-corrected chi connectivity index (χ4v) is 5.68. The highest BCUT2D eigenvalue weighted by Gasteiger charge is 2.25. The first-order chi connectivity index (χ1) is 12.5. The summed E-state index contributed by atoms with van der Waals surface area (Å²) in [5.74, 6) is 1.04. The standard InChI is InChI=1S/C20H20N2O2S2/c1-12-8-9-15-16(10-12)26-18-17(15)19(24)22(14-6-4-3-5-7-14)20(21-18)25-11-13(2)23/h3-7,12H,8-11H2,1-2H3. The molecule has 26 heavy (non-hydrogen) atoms. The van der Waals surface area contributed by atoms with Gasteiger partial charge in [0.05, 0.1) is 16.8 Å². The Kier molecular flexibility index (Phi) is 4.71. The van der Waals surface area contributed by atoms with E-state index in [0.717, 1.165) is 35.2 Å². The Morgan fingerprint density at radius 1 is 1.35 bits per heavy atom. The molecule has 0 amide bonds. The Labute approximate surface area is 160 Å². The molecule has 134 valence electrons. The van der Waals surface area contributed by atoms with Gasteiger partial charge in [-0.3, -0.25) is 14.2 Å². The molecule has 1 aromatic carbocycles. The Morgan fingerprint density at radius 3 is 2.85 bits per heavy atom. The molecular weight excluding hydrogens is 364 g/mol. The predicted octanol–water partition coefficient (Wildman–Crippen LogP) is 4.25. The van der Waals surface area contributed by atoms with E-state index in [0.29, 0.717) is 16.8 Å². The molecule has 0 fully saturated rings. The first-order valence-electron chi connectivity index (χ1n) is 8.79.